The molecule has 0 spiro atoms. The van der Waals surface area contributed by atoms with Crippen LogP contribution in [-0.2, 0) is 6.54 Å². The number of fused-ring (bicyclic) bond motifs is 3. The number of nitrogens with zero attached hydrogens (tertiary/aromatic N) is 1. The maximum absolute atomic E-state index is 14.2. The topological polar surface area (TPSA) is 35.1 Å². The molecule has 5 rings (SSSR count). The molecule has 3 nitrogen and oxygen atoms in total. The van der Waals surface area contributed by atoms with E-state index in [1.807, 2.05) is 72.2 Å². The van der Waals surface area contributed by atoms with Crippen molar-refractivity contribution in [1.82, 2.24) is 4.57 Å². The molecule has 0 bridgehead atoms. The lowest BCUT2D eigenvalue weighted by molar-refractivity contribution is 0.532. The van der Waals surface area contributed by atoms with Gasteiger partial charge in [0.15, 0.2) is 0 Å². The third-order valence-corrected chi connectivity index (χ3v) is 5.31. The maximum atomic E-state index is 14.2. The van der Waals surface area contributed by atoms with Gasteiger partial charge in [0, 0.05) is 17.5 Å². The quantitative estimate of drug-likeness (QED) is 0.370. The van der Waals surface area contributed by atoms with Crippen molar-refractivity contribution in [3.63, 3.8) is 0 Å². The first-order valence-corrected chi connectivity index (χ1v) is 9.58. The Balaban J connectivity index is 2.07. The molecule has 5 aromatic rings. The number of benzene rings is 3. The first-order valence-electron chi connectivity index (χ1n) is 9.58. The predicted molar refractivity (Wildman–Crippen MR) is 114 cm³/mol. The van der Waals surface area contributed by atoms with Crippen LogP contribution >= 0.6 is 0 Å². The van der Waals surface area contributed by atoms with Crippen molar-refractivity contribution < 1.29 is 8.81 Å². The van der Waals surface area contributed by atoms with E-state index in [1.54, 1.807) is 6.07 Å². The molecule has 29 heavy (non-hydrogen) atoms. The van der Waals surface area contributed by atoms with Gasteiger partial charge in [-0.25, -0.2) is 9.18 Å². The molecule has 0 unspecified atom stereocenters. The van der Waals surface area contributed by atoms with Crippen molar-refractivity contribution in [2.45, 2.75) is 13.5 Å². The van der Waals surface area contributed by atoms with Gasteiger partial charge in [-0.3, -0.25) is 0 Å². The Morgan fingerprint density at radius 3 is 2.10 bits per heavy atom. The number of halogens is 1. The molecule has 0 N–H and O–H groups in total. The zero-order chi connectivity index (χ0) is 20.0. The molecule has 4 heteroatoms. The van der Waals surface area contributed by atoms with Gasteiger partial charge in [-0.1, -0.05) is 60.7 Å². The van der Waals surface area contributed by atoms with Crippen molar-refractivity contribution in [1.29, 1.82) is 0 Å². The van der Waals surface area contributed by atoms with E-state index in [9.17, 15) is 9.18 Å². The first kappa shape index (κ1) is 17.4. The van der Waals surface area contributed by atoms with E-state index in [1.165, 1.54) is 12.1 Å². The fourth-order valence-corrected chi connectivity index (χ4v) is 4.09. The van der Waals surface area contributed by atoms with E-state index in [0.29, 0.717) is 17.8 Å². The molecule has 2 heterocycles. The summed E-state index contributed by atoms with van der Waals surface area (Å²) in [7, 11) is 0. The number of rotatable bonds is 3. The molecule has 0 saturated heterocycles. The Bertz CT molecular complexity index is 1400. The molecule has 0 aliphatic rings. The summed E-state index contributed by atoms with van der Waals surface area (Å²) in [6.45, 7) is 2.59. The highest BCUT2D eigenvalue weighted by molar-refractivity contribution is 6.15. The lowest BCUT2D eigenvalue weighted by Gasteiger charge is -2.11. The van der Waals surface area contributed by atoms with Gasteiger partial charge in [0.1, 0.15) is 5.82 Å². The summed E-state index contributed by atoms with van der Waals surface area (Å²) >= 11 is 0. The van der Waals surface area contributed by atoms with Gasteiger partial charge < -0.3 is 8.98 Å². The van der Waals surface area contributed by atoms with Gasteiger partial charge in [-0.05, 0) is 36.2 Å². The smallest absolute Gasteiger partial charge is 0.346 e. The fraction of sp³-hybridized carbons (Fsp3) is 0.0800. The molecule has 0 aliphatic heterocycles. The van der Waals surface area contributed by atoms with Crippen molar-refractivity contribution in [3.8, 4) is 22.3 Å². The van der Waals surface area contributed by atoms with E-state index < -0.39 is 5.63 Å². The summed E-state index contributed by atoms with van der Waals surface area (Å²) in [5.41, 5.74) is 3.83. The maximum Gasteiger partial charge on any atom is 0.346 e. The molecular weight excluding hydrogens is 365 g/mol. The van der Waals surface area contributed by atoms with Crippen LogP contribution in [0.5, 0.6) is 0 Å². The summed E-state index contributed by atoms with van der Waals surface area (Å²) in [6.07, 6.45) is 0. The summed E-state index contributed by atoms with van der Waals surface area (Å²) < 4.78 is 22.0. The van der Waals surface area contributed by atoms with Crippen LogP contribution in [0.25, 0.3) is 44.3 Å². The normalized spacial score (nSPS) is 11.4. The van der Waals surface area contributed by atoms with Crippen molar-refractivity contribution in [2.75, 3.05) is 0 Å². The summed E-state index contributed by atoms with van der Waals surface area (Å²) in [5, 5.41) is 1.49. The number of aromatic nitrogens is 1. The van der Waals surface area contributed by atoms with Crippen LogP contribution in [-0.4, -0.2) is 4.57 Å². The Morgan fingerprint density at radius 2 is 1.48 bits per heavy atom. The van der Waals surface area contributed by atoms with E-state index in [2.05, 4.69) is 0 Å². The van der Waals surface area contributed by atoms with Crippen LogP contribution in [0.15, 0.2) is 88.1 Å². The minimum Gasteiger partial charge on any atom is -0.405 e. The number of hydrogen-bond acceptors (Lipinski definition) is 2. The highest BCUT2D eigenvalue weighted by Crippen LogP contribution is 2.41. The van der Waals surface area contributed by atoms with Gasteiger partial charge in [0.05, 0.1) is 16.5 Å². The molecule has 0 aliphatic carbocycles. The molecule has 3 aromatic carbocycles. The SMILES string of the molecule is CCn1c2ccc(F)cc2c2c(-c3ccccc3)c(-c3ccccc3)c(=O)oc21. The zero-order valence-corrected chi connectivity index (χ0v) is 15.9. The third kappa shape index (κ3) is 2.68. The van der Waals surface area contributed by atoms with Crippen LogP contribution in [0.4, 0.5) is 4.39 Å². The molecule has 0 radical (unpaired) electrons. The van der Waals surface area contributed by atoms with Gasteiger partial charge in [-0.2, -0.15) is 0 Å². The molecule has 0 amide bonds. The average Bonchev–Trinajstić information content (AvgIpc) is 3.06. The van der Waals surface area contributed by atoms with Gasteiger partial charge in [-0.15, -0.1) is 0 Å². The Hall–Kier alpha value is -3.66. The second-order valence-electron chi connectivity index (χ2n) is 6.96. The van der Waals surface area contributed by atoms with Gasteiger partial charge in [0.2, 0.25) is 5.71 Å². The van der Waals surface area contributed by atoms with Crippen LogP contribution in [0.2, 0.25) is 0 Å². The standard InChI is InChI=1S/C25H18FNO2/c1-2-27-20-14-13-18(26)15-19(20)23-21(16-9-5-3-6-10-16)22(25(28)29-24(23)27)17-11-7-4-8-12-17/h3-15H,2H2,1H3. The van der Waals surface area contributed by atoms with Crippen molar-refractivity contribution >= 4 is 22.0 Å². The molecule has 142 valence electrons. The van der Waals surface area contributed by atoms with E-state index in [4.69, 9.17) is 4.42 Å². The van der Waals surface area contributed by atoms with E-state index in [0.717, 1.165) is 33.0 Å². The molecule has 2 aromatic heterocycles. The minimum atomic E-state index is -0.402. The molecule has 0 atom stereocenters. The summed E-state index contributed by atoms with van der Waals surface area (Å²) in [6, 6.07) is 23.9. The van der Waals surface area contributed by atoms with Gasteiger partial charge >= 0.3 is 5.63 Å². The molecular formula is C25H18FNO2. The minimum absolute atomic E-state index is 0.320. The second kappa shape index (κ2) is 6.74. The third-order valence-electron chi connectivity index (χ3n) is 5.31. The summed E-state index contributed by atoms with van der Waals surface area (Å²) in [4.78, 5) is 13.2. The predicted octanol–water partition coefficient (Wildman–Crippen LogP) is 6.24. The summed E-state index contributed by atoms with van der Waals surface area (Å²) in [5.74, 6) is -0.320. The second-order valence-corrected chi connectivity index (χ2v) is 6.96. The van der Waals surface area contributed by atoms with E-state index in [-0.39, 0.29) is 5.82 Å². The average molecular weight is 383 g/mol. The number of aryl methyl sites for hydroxylation is 1. The first-order chi connectivity index (χ1) is 14.2. The molecule has 0 fully saturated rings. The highest BCUT2D eigenvalue weighted by Gasteiger charge is 2.23. The monoisotopic (exact) mass is 383 g/mol. The zero-order valence-electron chi connectivity index (χ0n) is 15.9. The highest BCUT2D eigenvalue weighted by atomic mass is 19.1. The van der Waals surface area contributed by atoms with Crippen LogP contribution in [0.3, 0.4) is 0 Å². The Kier molecular flexibility index (Phi) is 4.06. The van der Waals surface area contributed by atoms with Crippen molar-refractivity contribution in [3.05, 3.63) is 95.1 Å². The number of hydrogen-bond donors (Lipinski definition) is 0. The van der Waals surface area contributed by atoms with E-state index >= 15 is 0 Å². The lowest BCUT2D eigenvalue weighted by Crippen LogP contribution is -2.07. The Morgan fingerprint density at radius 1 is 0.862 bits per heavy atom. The largest absolute Gasteiger partial charge is 0.405 e. The van der Waals surface area contributed by atoms with Crippen molar-refractivity contribution in [2.24, 2.45) is 0 Å². The van der Waals surface area contributed by atoms with Crippen LogP contribution in [0, 0.1) is 5.82 Å². The molecule has 0 saturated carbocycles. The van der Waals surface area contributed by atoms with Gasteiger partial charge in [0.25, 0.3) is 0 Å². The fourth-order valence-electron chi connectivity index (χ4n) is 4.09. The lowest BCUT2D eigenvalue weighted by atomic mass is 9.93. The Labute approximate surface area is 166 Å². The van der Waals surface area contributed by atoms with Crippen LogP contribution in [0.1, 0.15) is 6.92 Å². The van der Waals surface area contributed by atoms with Crippen LogP contribution < -0.4 is 5.63 Å².